The number of nitrogens with zero attached hydrogens (tertiary/aromatic N) is 2. The molecule has 9 heteroatoms. The molecule has 0 atom stereocenters. The van der Waals surface area contributed by atoms with Gasteiger partial charge in [-0.3, -0.25) is 4.79 Å². The fourth-order valence-electron chi connectivity index (χ4n) is 2.54. The highest BCUT2D eigenvalue weighted by Crippen LogP contribution is 2.21. The van der Waals surface area contributed by atoms with Crippen molar-refractivity contribution in [2.24, 2.45) is 5.10 Å². The Morgan fingerprint density at radius 3 is 2.57 bits per heavy atom. The van der Waals surface area contributed by atoms with Gasteiger partial charge in [-0.25, -0.2) is 13.8 Å². The van der Waals surface area contributed by atoms with Gasteiger partial charge in [0.05, 0.1) is 18.2 Å². The number of sulfonamides is 1. The van der Waals surface area contributed by atoms with Crippen LogP contribution in [0.15, 0.2) is 56.9 Å². The molecule has 2 aromatic carbocycles. The average Bonchev–Trinajstić information content (AvgIpc) is 2.69. The zero-order valence-electron chi connectivity index (χ0n) is 15.8. The van der Waals surface area contributed by atoms with Gasteiger partial charge >= 0.3 is 0 Å². The molecule has 150 valence electrons. The molecule has 0 saturated carbocycles. The number of rotatable bonds is 8. The molecule has 1 N–H and O–H groups in total. The first-order valence-electron chi connectivity index (χ1n) is 8.60. The average molecular weight is 468 g/mol. The van der Waals surface area contributed by atoms with Crippen molar-refractivity contribution in [2.75, 3.05) is 20.2 Å². The van der Waals surface area contributed by atoms with Crippen LogP contribution >= 0.6 is 15.9 Å². The van der Waals surface area contributed by atoms with Crippen LogP contribution in [-0.4, -0.2) is 45.0 Å². The first-order valence-corrected chi connectivity index (χ1v) is 10.8. The molecule has 1 amide bonds. The van der Waals surface area contributed by atoms with Crippen LogP contribution in [0.3, 0.4) is 0 Å². The Morgan fingerprint density at radius 2 is 1.93 bits per heavy atom. The number of halogens is 1. The minimum absolute atomic E-state index is 0.0708. The molecule has 0 aliphatic heterocycles. The third kappa shape index (κ3) is 5.18. The Morgan fingerprint density at radius 1 is 1.21 bits per heavy atom. The monoisotopic (exact) mass is 467 g/mol. The van der Waals surface area contributed by atoms with Crippen LogP contribution in [0.4, 0.5) is 0 Å². The van der Waals surface area contributed by atoms with Gasteiger partial charge in [-0.1, -0.05) is 35.8 Å². The second kappa shape index (κ2) is 9.81. The smallest absolute Gasteiger partial charge is 0.271 e. The SMILES string of the molecule is CCN(CC)S(=O)(=O)c1cccc(C(=O)N/N=C/c2cc(Br)ccc2OC)c1. The fourth-order valence-corrected chi connectivity index (χ4v) is 4.42. The molecule has 0 unspecified atom stereocenters. The molecule has 2 aromatic rings. The number of carbonyl (C=O) groups is 1. The van der Waals surface area contributed by atoms with Gasteiger partial charge < -0.3 is 4.74 Å². The van der Waals surface area contributed by atoms with E-state index >= 15 is 0 Å². The lowest BCUT2D eigenvalue weighted by Gasteiger charge is -2.18. The van der Waals surface area contributed by atoms with E-state index in [-0.39, 0.29) is 10.5 Å². The standard InChI is InChI=1S/C19H22BrN3O4S/c1-4-23(5-2)28(25,26)17-8-6-7-14(12-17)19(24)22-21-13-15-11-16(20)9-10-18(15)27-3/h6-13H,4-5H2,1-3H3,(H,22,24)/b21-13+. The first kappa shape index (κ1) is 22.1. The second-order valence-electron chi connectivity index (χ2n) is 5.70. The minimum Gasteiger partial charge on any atom is -0.496 e. The van der Waals surface area contributed by atoms with Gasteiger partial charge in [0, 0.05) is 28.7 Å². The number of benzene rings is 2. The molecule has 0 bridgehead atoms. The maximum absolute atomic E-state index is 12.6. The Hall–Kier alpha value is -2.23. The number of ether oxygens (including phenoxy) is 1. The largest absolute Gasteiger partial charge is 0.496 e. The molecule has 0 spiro atoms. The van der Waals surface area contributed by atoms with Crippen molar-refractivity contribution in [3.63, 3.8) is 0 Å². The lowest BCUT2D eigenvalue weighted by atomic mass is 10.2. The van der Waals surface area contributed by atoms with Crippen molar-refractivity contribution >= 4 is 38.1 Å². The topological polar surface area (TPSA) is 88.1 Å². The molecule has 0 heterocycles. The molecule has 0 aliphatic rings. The number of carbonyl (C=O) groups excluding carboxylic acids is 1. The summed E-state index contributed by atoms with van der Waals surface area (Å²) in [5.74, 6) is 0.0929. The molecule has 0 aromatic heterocycles. The summed E-state index contributed by atoms with van der Waals surface area (Å²) in [7, 11) is -2.10. The Labute approximate surface area is 173 Å². The zero-order valence-corrected chi connectivity index (χ0v) is 18.2. The first-order chi connectivity index (χ1) is 13.3. The van der Waals surface area contributed by atoms with E-state index in [0.717, 1.165) is 4.47 Å². The molecule has 28 heavy (non-hydrogen) atoms. The van der Waals surface area contributed by atoms with Crippen LogP contribution in [0, 0.1) is 0 Å². The molecule has 0 saturated heterocycles. The molecule has 7 nitrogen and oxygen atoms in total. The Bertz CT molecular complexity index is 973. The van der Waals surface area contributed by atoms with Gasteiger partial charge in [0.1, 0.15) is 5.75 Å². The number of methoxy groups -OCH3 is 1. The number of nitrogens with one attached hydrogen (secondary N) is 1. The molecule has 0 fully saturated rings. The predicted octanol–water partition coefficient (Wildman–Crippen LogP) is 3.25. The number of amides is 1. The Balaban J connectivity index is 2.19. The van der Waals surface area contributed by atoms with E-state index in [1.807, 2.05) is 6.07 Å². The maximum atomic E-state index is 12.6. The van der Waals surface area contributed by atoms with Gasteiger partial charge in [-0.15, -0.1) is 0 Å². The van der Waals surface area contributed by atoms with Crippen LogP contribution in [0.2, 0.25) is 0 Å². The molecule has 0 radical (unpaired) electrons. The molecular formula is C19H22BrN3O4S. The third-order valence-corrected chi connectivity index (χ3v) is 6.54. The van der Waals surface area contributed by atoms with Crippen LogP contribution in [0.5, 0.6) is 5.75 Å². The van der Waals surface area contributed by atoms with Crippen molar-refractivity contribution < 1.29 is 17.9 Å². The van der Waals surface area contributed by atoms with Crippen LogP contribution in [0.25, 0.3) is 0 Å². The van der Waals surface area contributed by atoms with Crippen molar-refractivity contribution in [1.82, 2.24) is 9.73 Å². The maximum Gasteiger partial charge on any atom is 0.271 e. The summed E-state index contributed by atoms with van der Waals surface area (Å²) in [6.07, 6.45) is 1.46. The summed E-state index contributed by atoms with van der Waals surface area (Å²) in [4.78, 5) is 12.4. The van der Waals surface area contributed by atoms with E-state index in [2.05, 4.69) is 26.5 Å². The predicted molar refractivity (Wildman–Crippen MR) is 112 cm³/mol. The van der Waals surface area contributed by atoms with Crippen molar-refractivity contribution in [1.29, 1.82) is 0 Å². The van der Waals surface area contributed by atoms with Gasteiger partial charge in [-0.05, 0) is 36.4 Å². The summed E-state index contributed by atoms with van der Waals surface area (Å²) in [6, 6.07) is 11.3. The highest BCUT2D eigenvalue weighted by Gasteiger charge is 2.22. The molecule has 0 aliphatic carbocycles. The zero-order chi connectivity index (χ0) is 20.7. The molecular weight excluding hydrogens is 446 g/mol. The number of hydrogen-bond donors (Lipinski definition) is 1. The van der Waals surface area contributed by atoms with Crippen LogP contribution in [0.1, 0.15) is 29.8 Å². The lowest BCUT2D eigenvalue weighted by molar-refractivity contribution is 0.0955. The molecule has 2 rings (SSSR count). The van der Waals surface area contributed by atoms with E-state index in [1.54, 1.807) is 33.1 Å². The van der Waals surface area contributed by atoms with Crippen molar-refractivity contribution in [2.45, 2.75) is 18.7 Å². The summed E-state index contributed by atoms with van der Waals surface area (Å²) in [5.41, 5.74) is 3.28. The van der Waals surface area contributed by atoms with E-state index in [9.17, 15) is 13.2 Å². The van der Waals surface area contributed by atoms with E-state index in [0.29, 0.717) is 24.4 Å². The normalized spacial score (nSPS) is 11.8. The lowest BCUT2D eigenvalue weighted by Crippen LogP contribution is -2.30. The van der Waals surface area contributed by atoms with Gasteiger partial charge in [-0.2, -0.15) is 9.41 Å². The minimum atomic E-state index is -3.64. The van der Waals surface area contributed by atoms with E-state index in [1.165, 1.54) is 34.8 Å². The summed E-state index contributed by atoms with van der Waals surface area (Å²) in [5, 5.41) is 3.94. The van der Waals surface area contributed by atoms with Crippen LogP contribution in [-0.2, 0) is 10.0 Å². The quantitative estimate of drug-likeness (QED) is 0.476. The summed E-state index contributed by atoms with van der Waals surface area (Å²) < 4.78 is 32.7. The Kier molecular flexibility index (Phi) is 7.73. The summed E-state index contributed by atoms with van der Waals surface area (Å²) >= 11 is 3.37. The van der Waals surface area contributed by atoms with Crippen LogP contribution < -0.4 is 10.2 Å². The third-order valence-electron chi connectivity index (χ3n) is 4.00. The van der Waals surface area contributed by atoms with E-state index < -0.39 is 15.9 Å². The fraction of sp³-hybridized carbons (Fsp3) is 0.263. The number of hydrogen-bond acceptors (Lipinski definition) is 5. The summed E-state index contributed by atoms with van der Waals surface area (Å²) in [6.45, 7) is 4.24. The van der Waals surface area contributed by atoms with Crippen molar-refractivity contribution in [3.8, 4) is 5.75 Å². The van der Waals surface area contributed by atoms with Gasteiger partial charge in [0.25, 0.3) is 5.91 Å². The second-order valence-corrected chi connectivity index (χ2v) is 8.56. The van der Waals surface area contributed by atoms with Gasteiger partial charge in [0.2, 0.25) is 10.0 Å². The highest BCUT2D eigenvalue weighted by atomic mass is 79.9. The van der Waals surface area contributed by atoms with Gasteiger partial charge in [0.15, 0.2) is 0 Å². The number of hydrazone groups is 1. The van der Waals surface area contributed by atoms with Crippen molar-refractivity contribution in [3.05, 3.63) is 58.1 Å². The van der Waals surface area contributed by atoms with E-state index in [4.69, 9.17) is 4.74 Å². The highest BCUT2D eigenvalue weighted by molar-refractivity contribution is 9.10.